The van der Waals surface area contributed by atoms with Crippen LogP contribution in [0.4, 0.5) is 0 Å². The van der Waals surface area contributed by atoms with Crippen molar-refractivity contribution in [3.05, 3.63) is 29.8 Å². The molecule has 0 aliphatic heterocycles. The second-order valence-electron chi connectivity index (χ2n) is 9.37. The molecule has 0 heterocycles. The van der Waals surface area contributed by atoms with Gasteiger partial charge in [-0.15, -0.1) is 0 Å². The average molecular weight is 359 g/mol. The summed E-state index contributed by atoms with van der Waals surface area (Å²) in [6.07, 6.45) is 6.04. The van der Waals surface area contributed by atoms with E-state index in [9.17, 15) is 4.79 Å². The lowest BCUT2D eigenvalue weighted by molar-refractivity contribution is -0.143. The molecule has 2 saturated carbocycles. The van der Waals surface area contributed by atoms with Gasteiger partial charge in [0.25, 0.3) is 0 Å². The molecule has 1 unspecified atom stereocenters. The largest absolute Gasteiger partial charge is 0.497 e. The van der Waals surface area contributed by atoms with Crippen LogP contribution in [0.1, 0.15) is 65.4 Å². The Hall–Kier alpha value is -1.35. The Kier molecular flexibility index (Phi) is 5.48. The number of hydrogen-bond acceptors (Lipinski definition) is 3. The van der Waals surface area contributed by atoms with E-state index < -0.39 is 0 Å². The van der Waals surface area contributed by atoms with Crippen LogP contribution in [0.3, 0.4) is 0 Å². The predicted octanol–water partition coefficient (Wildman–Crippen LogP) is 5.21. The van der Waals surface area contributed by atoms with Gasteiger partial charge in [0.2, 0.25) is 0 Å². The molecule has 3 nitrogen and oxygen atoms in total. The fourth-order valence-corrected chi connectivity index (χ4v) is 5.17. The zero-order valence-electron chi connectivity index (χ0n) is 17.0. The standard InChI is InChI=1S/C23H34O3/c1-22(2,3)26-21-12-11-19-18(20(24)13-14-23(19,21)4)10-9-16-7-6-8-17(15-16)25-5/h6-8,15,18-19,21H,9-14H2,1-5H3/t18?,19-,21-,23-/m0/s1. The van der Waals surface area contributed by atoms with Crippen molar-refractivity contribution in [3.63, 3.8) is 0 Å². The molecule has 1 aromatic rings. The molecule has 26 heavy (non-hydrogen) atoms. The Bertz CT molecular complexity index is 645. The maximum absolute atomic E-state index is 12.7. The molecule has 1 aromatic carbocycles. The Labute approximate surface area is 158 Å². The maximum Gasteiger partial charge on any atom is 0.136 e. The summed E-state index contributed by atoms with van der Waals surface area (Å²) < 4.78 is 11.8. The van der Waals surface area contributed by atoms with Gasteiger partial charge in [-0.25, -0.2) is 0 Å². The van der Waals surface area contributed by atoms with Gasteiger partial charge in [0, 0.05) is 12.3 Å². The Morgan fingerprint density at radius 1 is 1.23 bits per heavy atom. The van der Waals surface area contributed by atoms with E-state index in [-0.39, 0.29) is 23.0 Å². The number of hydrogen-bond donors (Lipinski definition) is 0. The molecule has 0 amide bonds. The van der Waals surface area contributed by atoms with Crippen LogP contribution in [-0.2, 0) is 16.0 Å². The maximum atomic E-state index is 12.7. The van der Waals surface area contributed by atoms with E-state index in [4.69, 9.17) is 9.47 Å². The third-order valence-electron chi connectivity index (χ3n) is 6.51. The first-order valence-electron chi connectivity index (χ1n) is 10.1. The van der Waals surface area contributed by atoms with Crippen molar-refractivity contribution in [1.29, 1.82) is 0 Å². The molecule has 0 bridgehead atoms. The Balaban J connectivity index is 1.72. The zero-order chi connectivity index (χ0) is 18.9. The van der Waals surface area contributed by atoms with E-state index in [0.717, 1.165) is 37.9 Å². The number of carbonyl (C=O) groups is 1. The van der Waals surface area contributed by atoms with Crippen LogP contribution < -0.4 is 4.74 Å². The van der Waals surface area contributed by atoms with Gasteiger partial charge in [0.1, 0.15) is 11.5 Å². The summed E-state index contributed by atoms with van der Waals surface area (Å²) in [4.78, 5) is 12.7. The summed E-state index contributed by atoms with van der Waals surface area (Å²) in [6.45, 7) is 8.78. The first kappa shape index (κ1) is 19.4. The number of ketones is 1. The van der Waals surface area contributed by atoms with Crippen LogP contribution in [0.5, 0.6) is 5.75 Å². The average Bonchev–Trinajstić information content (AvgIpc) is 2.90. The van der Waals surface area contributed by atoms with Crippen molar-refractivity contribution >= 4 is 5.78 Å². The summed E-state index contributed by atoms with van der Waals surface area (Å²) in [7, 11) is 1.70. The van der Waals surface area contributed by atoms with E-state index in [1.807, 2.05) is 12.1 Å². The molecular weight excluding hydrogens is 324 g/mol. The van der Waals surface area contributed by atoms with Crippen molar-refractivity contribution in [2.45, 2.75) is 77.9 Å². The van der Waals surface area contributed by atoms with Gasteiger partial charge in [-0.2, -0.15) is 0 Å². The highest BCUT2D eigenvalue weighted by atomic mass is 16.5. The number of ether oxygens (including phenoxy) is 2. The van der Waals surface area contributed by atoms with Crippen molar-refractivity contribution in [2.24, 2.45) is 17.3 Å². The van der Waals surface area contributed by atoms with Crippen LogP contribution in [0.15, 0.2) is 24.3 Å². The minimum Gasteiger partial charge on any atom is -0.497 e. The topological polar surface area (TPSA) is 35.5 Å². The summed E-state index contributed by atoms with van der Waals surface area (Å²) in [5, 5.41) is 0. The lowest BCUT2D eigenvalue weighted by Crippen LogP contribution is -2.46. The number of Topliss-reactive ketones (excluding diaryl/α,β-unsaturated/α-hetero) is 1. The smallest absolute Gasteiger partial charge is 0.136 e. The summed E-state index contributed by atoms with van der Waals surface area (Å²) in [5.74, 6) is 1.99. The number of aryl methyl sites for hydroxylation is 1. The zero-order valence-corrected chi connectivity index (χ0v) is 17.0. The summed E-state index contributed by atoms with van der Waals surface area (Å²) in [5.41, 5.74) is 1.27. The van der Waals surface area contributed by atoms with Crippen LogP contribution >= 0.6 is 0 Å². The third-order valence-corrected chi connectivity index (χ3v) is 6.51. The molecule has 0 saturated heterocycles. The fraction of sp³-hybridized carbons (Fsp3) is 0.696. The van der Waals surface area contributed by atoms with Crippen molar-refractivity contribution in [2.75, 3.05) is 7.11 Å². The molecule has 2 aliphatic carbocycles. The van der Waals surface area contributed by atoms with Gasteiger partial charge in [0.15, 0.2) is 0 Å². The van der Waals surface area contributed by atoms with E-state index >= 15 is 0 Å². The number of carbonyl (C=O) groups excluding carboxylic acids is 1. The van der Waals surface area contributed by atoms with E-state index in [2.05, 4.69) is 39.8 Å². The first-order valence-corrected chi connectivity index (χ1v) is 10.1. The molecule has 144 valence electrons. The molecule has 3 rings (SSSR count). The molecule has 0 N–H and O–H groups in total. The van der Waals surface area contributed by atoms with Gasteiger partial charge in [-0.1, -0.05) is 19.1 Å². The summed E-state index contributed by atoms with van der Waals surface area (Å²) in [6, 6.07) is 8.23. The normalized spacial score (nSPS) is 31.7. The van der Waals surface area contributed by atoms with Crippen molar-refractivity contribution in [3.8, 4) is 5.75 Å². The number of fused-ring (bicyclic) bond motifs is 1. The third kappa shape index (κ3) is 3.98. The quantitative estimate of drug-likeness (QED) is 0.725. The fourth-order valence-electron chi connectivity index (χ4n) is 5.17. The minimum atomic E-state index is -0.125. The number of benzene rings is 1. The van der Waals surface area contributed by atoms with Crippen LogP contribution in [0.2, 0.25) is 0 Å². The van der Waals surface area contributed by atoms with Gasteiger partial charge >= 0.3 is 0 Å². The second kappa shape index (κ2) is 7.34. The predicted molar refractivity (Wildman–Crippen MR) is 105 cm³/mol. The van der Waals surface area contributed by atoms with Gasteiger partial charge in [0.05, 0.1) is 18.8 Å². The molecule has 2 aliphatic rings. The van der Waals surface area contributed by atoms with E-state index in [1.165, 1.54) is 5.56 Å². The number of rotatable bonds is 5. The highest BCUT2D eigenvalue weighted by Gasteiger charge is 2.54. The van der Waals surface area contributed by atoms with E-state index in [0.29, 0.717) is 18.1 Å². The molecule has 0 aromatic heterocycles. The SMILES string of the molecule is COc1cccc(CCC2C(=O)CC[C@]3(C)[C@@H](OC(C)(C)C)CC[C@@H]23)c1. The second-order valence-corrected chi connectivity index (χ2v) is 9.37. The Morgan fingerprint density at radius 3 is 2.69 bits per heavy atom. The number of methoxy groups -OCH3 is 1. The van der Waals surface area contributed by atoms with Crippen molar-refractivity contribution < 1.29 is 14.3 Å². The van der Waals surface area contributed by atoms with Crippen molar-refractivity contribution in [1.82, 2.24) is 0 Å². The molecule has 0 radical (unpaired) electrons. The lowest BCUT2D eigenvalue weighted by atomic mass is 9.62. The lowest BCUT2D eigenvalue weighted by Gasteiger charge is -2.45. The van der Waals surface area contributed by atoms with Gasteiger partial charge < -0.3 is 9.47 Å². The molecular formula is C23H34O3. The van der Waals surface area contributed by atoms with Crippen LogP contribution in [0.25, 0.3) is 0 Å². The van der Waals surface area contributed by atoms with Gasteiger partial charge in [-0.3, -0.25) is 4.79 Å². The molecule has 0 spiro atoms. The minimum absolute atomic E-state index is 0.125. The molecule has 2 fully saturated rings. The first-order chi connectivity index (χ1) is 12.2. The molecule has 3 heteroatoms. The summed E-state index contributed by atoms with van der Waals surface area (Å²) >= 11 is 0. The van der Waals surface area contributed by atoms with Gasteiger partial charge in [-0.05, 0) is 81.9 Å². The Morgan fingerprint density at radius 2 is 2.00 bits per heavy atom. The monoisotopic (exact) mass is 358 g/mol. The molecule has 4 atom stereocenters. The highest BCUT2D eigenvalue weighted by Crippen LogP contribution is 2.56. The van der Waals surface area contributed by atoms with Crippen LogP contribution in [-0.4, -0.2) is 24.6 Å². The van der Waals surface area contributed by atoms with E-state index in [1.54, 1.807) is 7.11 Å². The van der Waals surface area contributed by atoms with Crippen LogP contribution in [0, 0.1) is 17.3 Å². The highest BCUT2D eigenvalue weighted by molar-refractivity contribution is 5.82.